The standard InChI is InChI=1S/C29H28Cl2N2O5/c1-17(2)23-10-4-18(3)12-26(23)38-22-8-6-21(7-9-22)33-15-19(13-28(33)35)29(36)37-16-27(34)32-20-5-11-24(30)25(31)14-20/h4-12,14,17,19H,13,15-16H2,1-3H3,(H,32,34)/t19-/m0/s1. The van der Waals surface area contributed by atoms with Crippen molar-refractivity contribution in [3.8, 4) is 11.5 Å². The zero-order chi connectivity index (χ0) is 27.4. The van der Waals surface area contributed by atoms with E-state index in [4.69, 9.17) is 32.7 Å². The number of hydrogen-bond donors (Lipinski definition) is 1. The van der Waals surface area contributed by atoms with Gasteiger partial charge in [-0.2, -0.15) is 0 Å². The number of hydrogen-bond acceptors (Lipinski definition) is 5. The normalized spacial score (nSPS) is 15.1. The lowest BCUT2D eigenvalue weighted by atomic mass is 10.0. The topological polar surface area (TPSA) is 84.9 Å². The fourth-order valence-electron chi connectivity index (χ4n) is 4.17. The Hall–Kier alpha value is -3.55. The monoisotopic (exact) mass is 554 g/mol. The van der Waals surface area contributed by atoms with Crippen LogP contribution in [0.1, 0.15) is 37.3 Å². The van der Waals surface area contributed by atoms with Crippen LogP contribution in [0.2, 0.25) is 10.0 Å². The summed E-state index contributed by atoms with van der Waals surface area (Å²) in [6, 6.07) is 18.0. The maximum atomic E-state index is 12.6. The summed E-state index contributed by atoms with van der Waals surface area (Å²) in [5.41, 5.74) is 3.30. The van der Waals surface area contributed by atoms with Gasteiger partial charge >= 0.3 is 5.97 Å². The summed E-state index contributed by atoms with van der Waals surface area (Å²) in [5, 5.41) is 3.24. The van der Waals surface area contributed by atoms with Gasteiger partial charge in [-0.05, 0) is 72.5 Å². The Morgan fingerprint density at radius 3 is 2.45 bits per heavy atom. The molecule has 1 heterocycles. The molecule has 2 amide bonds. The third-order valence-corrected chi connectivity index (χ3v) is 6.91. The van der Waals surface area contributed by atoms with Crippen molar-refractivity contribution in [1.82, 2.24) is 0 Å². The lowest BCUT2D eigenvalue weighted by Crippen LogP contribution is -2.28. The molecule has 0 bridgehead atoms. The minimum absolute atomic E-state index is 0.00648. The first-order valence-corrected chi connectivity index (χ1v) is 13.0. The fraction of sp³-hybridized carbons (Fsp3) is 0.276. The van der Waals surface area contributed by atoms with Crippen LogP contribution in [0, 0.1) is 12.8 Å². The maximum Gasteiger partial charge on any atom is 0.311 e. The van der Waals surface area contributed by atoms with Gasteiger partial charge in [0.15, 0.2) is 6.61 Å². The summed E-state index contributed by atoms with van der Waals surface area (Å²) in [6.45, 7) is 5.93. The molecular weight excluding hydrogens is 527 g/mol. The molecule has 198 valence electrons. The molecule has 0 saturated carbocycles. The molecule has 0 radical (unpaired) electrons. The number of benzene rings is 3. The predicted molar refractivity (Wildman–Crippen MR) is 148 cm³/mol. The minimum Gasteiger partial charge on any atom is -0.457 e. The van der Waals surface area contributed by atoms with Crippen molar-refractivity contribution in [3.63, 3.8) is 0 Å². The van der Waals surface area contributed by atoms with E-state index >= 15 is 0 Å². The van der Waals surface area contributed by atoms with Gasteiger partial charge < -0.3 is 19.7 Å². The lowest BCUT2D eigenvalue weighted by molar-refractivity contribution is -0.151. The molecule has 1 aliphatic heterocycles. The number of esters is 1. The van der Waals surface area contributed by atoms with E-state index < -0.39 is 24.4 Å². The van der Waals surface area contributed by atoms with Crippen molar-refractivity contribution in [2.75, 3.05) is 23.4 Å². The van der Waals surface area contributed by atoms with Crippen LogP contribution in [0.5, 0.6) is 11.5 Å². The Morgan fingerprint density at radius 1 is 1.03 bits per heavy atom. The molecule has 0 unspecified atom stereocenters. The van der Waals surface area contributed by atoms with Gasteiger partial charge in [-0.25, -0.2) is 0 Å². The minimum atomic E-state index is -0.669. The third kappa shape index (κ3) is 6.65. The Morgan fingerprint density at radius 2 is 1.76 bits per heavy atom. The van der Waals surface area contributed by atoms with E-state index in [1.807, 2.05) is 13.0 Å². The number of amides is 2. The van der Waals surface area contributed by atoms with Crippen LogP contribution in [-0.4, -0.2) is 30.9 Å². The number of ether oxygens (including phenoxy) is 2. The predicted octanol–water partition coefficient (Wildman–Crippen LogP) is 6.75. The third-order valence-electron chi connectivity index (χ3n) is 6.17. The van der Waals surface area contributed by atoms with Gasteiger partial charge in [0.1, 0.15) is 11.5 Å². The number of carbonyl (C=O) groups excluding carboxylic acids is 3. The lowest BCUT2D eigenvalue weighted by Gasteiger charge is -2.18. The Labute approximate surface area is 231 Å². The number of halogens is 2. The van der Waals surface area contributed by atoms with Gasteiger partial charge in [0, 0.05) is 24.3 Å². The number of anilines is 2. The SMILES string of the molecule is Cc1ccc(C(C)C)c(Oc2ccc(N3C[C@@H](C(=O)OCC(=O)Nc4ccc(Cl)c(Cl)c4)CC3=O)cc2)c1. The molecule has 1 atom stereocenters. The molecule has 4 rings (SSSR count). The first-order chi connectivity index (χ1) is 18.1. The second kappa shape index (κ2) is 11.9. The highest BCUT2D eigenvalue weighted by atomic mass is 35.5. The quantitative estimate of drug-likeness (QED) is 0.311. The summed E-state index contributed by atoms with van der Waals surface area (Å²) in [7, 11) is 0. The molecule has 9 heteroatoms. The van der Waals surface area contributed by atoms with Gasteiger partial charge in [0.2, 0.25) is 5.91 Å². The van der Waals surface area contributed by atoms with Crippen molar-refractivity contribution < 1.29 is 23.9 Å². The summed E-state index contributed by atoms with van der Waals surface area (Å²) >= 11 is 11.8. The largest absolute Gasteiger partial charge is 0.457 e. The van der Waals surface area contributed by atoms with Crippen LogP contribution in [0.4, 0.5) is 11.4 Å². The van der Waals surface area contributed by atoms with Gasteiger partial charge in [-0.1, -0.05) is 49.2 Å². The van der Waals surface area contributed by atoms with E-state index in [9.17, 15) is 14.4 Å². The van der Waals surface area contributed by atoms with Crippen LogP contribution in [0.15, 0.2) is 60.7 Å². The molecule has 1 N–H and O–H groups in total. The van der Waals surface area contributed by atoms with Crippen LogP contribution in [0.3, 0.4) is 0 Å². The van der Waals surface area contributed by atoms with Gasteiger partial charge in [0.25, 0.3) is 5.91 Å². The first kappa shape index (κ1) is 27.5. The van der Waals surface area contributed by atoms with Crippen LogP contribution in [-0.2, 0) is 19.1 Å². The van der Waals surface area contributed by atoms with E-state index in [1.165, 1.54) is 11.0 Å². The Kier molecular flexibility index (Phi) is 8.59. The Bertz CT molecular complexity index is 1360. The van der Waals surface area contributed by atoms with Crippen LogP contribution < -0.4 is 15.0 Å². The number of rotatable bonds is 8. The van der Waals surface area contributed by atoms with E-state index in [-0.39, 0.29) is 18.9 Å². The maximum absolute atomic E-state index is 12.6. The number of aryl methyl sites for hydroxylation is 1. The zero-order valence-electron chi connectivity index (χ0n) is 21.3. The fourth-order valence-corrected chi connectivity index (χ4v) is 4.47. The molecule has 3 aromatic rings. The van der Waals surface area contributed by atoms with E-state index in [1.54, 1.807) is 36.4 Å². The molecule has 0 spiro atoms. The van der Waals surface area contributed by atoms with Crippen molar-refractivity contribution in [3.05, 3.63) is 81.8 Å². The highest BCUT2D eigenvalue weighted by Crippen LogP contribution is 2.33. The summed E-state index contributed by atoms with van der Waals surface area (Å²) in [5.74, 6) is -0.231. The van der Waals surface area contributed by atoms with E-state index in [0.29, 0.717) is 33.1 Å². The van der Waals surface area contributed by atoms with E-state index in [0.717, 1.165) is 16.9 Å². The van der Waals surface area contributed by atoms with Gasteiger partial charge in [-0.3, -0.25) is 14.4 Å². The van der Waals surface area contributed by atoms with Crippen molar-refractivity contribution >= 4 is 52.4 Å². The smallest absolute Gasteiger partial charge is 0.311 e. The van der Waals surface area contributed by atoms with Gasteiger partial charge in [0.05, 0.1) is 16.0 Å². The highest BCUT2D eigenvalue weighted by molar-refractivity contribution is 6.42. The summed E-state index contributed by atoms with van der Waals surface area (Å²) in [6.07, 6.45) is 0.00648. The van der Waals surface area contributed by atoms with E-state index in [2.05, 4.69) is 31.3 Å². The zero-order valence-corrected chi connectivity index (χ0v) is 22.8. The van der Waals surface area contributed by atoms with Crippen molar-refractivity contribution in [2.24, 2.45) is 5.92 Å². The molecule has 7 nitrogen and oxygen atoms in total. The second-order valence-electron chi connectivity index (χ2n) is 9.48. The molecule has 3 aromatic carbocycles. The number of carbonyl (C=O) groups is 3. The second-order valence-corrected chi connectivity index (χ2v) is 10.3. The average molecular weight is 555 g/mol. The molecule has 1 saturated heterocycles. The van der Waals surface area contributed by atoms with Crippen molar-refractivity contribution in [1.29, 1.82) is 0 Å². The van der Waals surface area contributed by atoms with Crippen molar-refractivity contribution in [2.45, 2.75) is 33.1 Å². The Balaban J connectivity index is 1.32. The summed E-state index contributed by atoms with van der Waals surface area (Å²) < 4.78 is 11.3. The molecular formula is C29H28Cl2N2O5. The number of nitrogens with zero attached hydrogens (tertiary/aromatic N) is 1. The number of nitrogens with one attached hydrogen (secondary N) is 1. The molecule has 0 aromatic heterocycles. The molecule has 38 heavy (non-hydrogen) atoms. The van der Waals surface area contributed by atoms with Crippen LogP contribution >= 0.6 is 23.2 Å². The molecule has 0 aliphatic carbocycles. The average Bonchev–Trinajstić information content (AvgIpc) is 3.27. The molecule has 1 aliphatic rings. The van der Waals surface area contributed by atoms with Crippen LogP contribution in [0.25, 0.3) is 0 Å². The first-order valence-electron chi connectivity index (χ1n) is 12.2. The summed E-state index contributed by atoms with van der Waals surface area (Å²) in [4.78, 5) is 38.9. The molecule has 1 fully saturated rings. The highest BCUT2D eigenvalue weighted by Gasteiger charge is 2.36. The van der Waals surface area contributed by atoms with Gasteiger partial charge in [-0.15, -0.1) is 0 Å².